The Morgan fingerprint density at radius 1 is 1.26 bits per heavy atom. The fourth-order valence-corrected chi connectivity index (χ4v) is 4.21. The van der Waals surface area contributed by atoms with Gasteiger partial charge in [0, 0.05) is 0 Å². The normalized spacial score (nSPS) is 15.6. The van der Waals surface area contributed by atoms with Crippen molar-refractivity contribution in [2.45, 2.75) is 32.9 Å². The summed E-state index contributed by atoms with van der Waals surface area (Å²) in [6.07, 6.45) is -0.208. The lowest BCUT2D eigenvalue weighted by Crippen LogP contribution is -2.34. The summed E-state index contributed by atoms with van der Waals surface area (Å²) in [5.74, 6) is 0.0284. The van der Waals surface area contributed by atoms with Gasteiger partial charge < -0.3 is 9.26 Å². The summed E-state index contributed by atoms with van der Waals surface area (Å²) >= 11 is 1.68. The van der Waals surface area contributed by atoms with Crippen molar-refractivity contribution in [3.8, 4) is 5.75 Å². The first kappa shape index (κ1) is 16.5. The molecular formula is C12H17INO4P. The third-order valence-corrected chi connectivity index (χ3v) is 4.59. The molecule has 0 spiro atoms. The third-order valence-electron chi connectivity index (χ3n) is 2.02. The average Bonchev–Trinajstić information content (AvgIpc) is 2.27. The van der Waals surface area contributed by atoms with Crippen molar-refractivity contribution in [1.82, 2.24) is 5.09 Å². The highest BCUT2D eigenvalue weighted by molar-refractivity contribution is 14.2. The lowest BCUT2D eigenvalue weighted by molar-refractivity contribution is -0.148. The molecule has 0 amide bonds. The van der Waals surface area contributed by atoms with E-state index in [1.807, 2.05) is 6.07 Å². The number of benzene rings is 1. The highest BCUT2D eigenvalue weighted by Gasteiger charge is 2.27. The molecule has 0 unspecified atom stereocenters. The van der Waals surface area contributed by atoms with Crippen molar-refractivity contribution in [2.75, 3.05) is 0 Å². The van der Waals surface area contributed by atoms with Gasteiger partial charge in [0.25, 0.3) is 0 Å². The third kappa shape index (κ3) is 6.40. The Labute approximate surface area is 126 Å². The van der Waals surface area contributed by atoms with E-state index in [0.29, 0.717) is 5.75 Å². The molecule has 1 N–H and O–H groups in total. The quantitative estimate of drug-likeness (QED) is 0.452. The zero-order chi connectivity index (χ0) is 14.5. The Hall–Kier alpha value is -0.590. The molecule has 106 valence electrons. The van der Waals surface area contributed by atoms with E-state index in [9.17, 15) is 9.36 Å². The fourth-order valence-electron chi connectivity index (χ4n) is 1.26. The highest BCUT2D eigenvalue weighted by Crippen LogP contribution is 2.51. The zero-order valence-corrected chi connectivity index (χ0v) is 14.1. The lowest BCUT2D eigenvalue weighted by Gasteiger charge is -2.19. The van der Waals surface area contributed by atoms with E-state index >= 15 is 0 Å². The number of hydrogen-bond donors (Lipinski definition) is 1. The molecule has 0 heterocycles. The molecule has 0 aliphatic carbocycles. The van der Waals surface area contributed by atoms with E-state index in [0.717, 1.165) is 0 Å². The number of carbonyl (C=O) groups is 1. The number of ether oxygens (including phenoxy) is 1. The minimum atomic E-state index is -3.15. The van der Waals surface area contributed by atoms with Crippen LogP contribution in [0, 0.1) is 0 Å². The van der Waals surface area contributed by atoms with E-state index in [2.05, 4.69) is 5.09 Å². The predicted molar refractivity (Wildman–Crippen MR) is 82.5 cm³/mol. The number of rotatable bonds is 6. The molecule has 0 aromatic heterocycles. The minimum Gasteiger partial charge on any atom is -0.462 e. The van der Waals surface area contributed by atoms with Crippen LogP contribution in [-0.2, 0) is 14.1 Å². The molecule has 0 fully saturated rings. The van der Waals surface area contributed by atoms with Crippen LogP contribution in [0.2, 0.25) is 0 Å². The summed E-state index contributed by atoms with van der Waals surface area (Å²) in [7, 11) is 0. The summed E-state index contributed by atoms with van der Waals surface area (Å²) < 4.78 is 22.6. The van der Waals surface area contributed by atoms with Gasteiger partial charge in [-0.05, 0) is 32.9 Å². The van der Waals surface area contributed by atoms with E-state index < -0.39 is 17.2 Å². The SMILES string of the molecule is CC(C)OC(=O)[C@H](C)N[P@@](=O)(I)Oc1ccccc1. The monoisotopic (exact) mass is 397 g/mol. The smallest absolute Gasteiger partial charge is 0.374 e. The molecule has 5 nitrogen and oxygen atoms in total. The molecule has 1 rings (SSSR count). The summed E-state index contributed by atoms with van der Waals surface area (Å²) in [6.45, 7) is 5.11. The van der Waals surface area contributed by atoms with Gasteiger partial charge in [0.05, 0.1) is 28.1 Å². The van der Waals surface area contributed by atoms with Gasteiger partial charge in [0.1, 0.15) is 11.8 Å². The van der Waals surface area contributed by atoms with Crippen LogP contribution in [0.4, 0.5) is 0 Å². The van der Waals surface area contributed by atoms with Crippen LogP contribution in [-0.4, -0.2) is 18.1 Å². The summed E-state index contributed by atoms with van der Waals surface area (Å²) in [5, 5.41) is -0.493. The first-order valence-corrected chi connectivity index (χ1v) is 10.2. The largest absolute Gasteiger partial charge is 0.462 e. The second kappa shape index (κ2) is 7.26. The minimum absolute atomic E-state index is 0.208. The number of para-hydroxylation sites is 1. The maximum Gasteiger partial charge on any atom is 0.374 e. The second-order valence-corrected chi connectivity index (χ2v) is 9.43. The van der Waals surface area contributed by atoms with Crippen LogP contribution in [0.25, 0.3) is 0 Å². The maximum absolute atomic E-state index is 12.2. The van der Waals surface area contributed by atoms with Crippen LogP contribution in [0.1, 0.15) is 20.8 Å². The first-order valence-electron chi connectivity index (χ1n) is 5.83. The molecule has 7 heteroatoms. The zero-order valence-electron chi connectivity index (χ0n) is 11.0. The van der Waals surface area contributed by atoms with Crippen LogP contribution in [0.5, 0.6) is 5.75 Å². The van der Waals surface area contributed by atoms with Gasteiger partial charge in [0.15, 0.2) is 0 Å². The van der Waals surface area contributed by atoms with Crippen LogP contribution >= 0.6 is 27.2 Å². The van der Waals surface area contributed by atoms with Crippen molar-refractivity contribution in [2.24, 2.45) is 0 Å². The second-order valence-electron chi connectivity index (χ2n) is 4.22. The number of carbonyl (C=O) groups excluding carboxylic acids is 1. The van der Waals surface area contributed by atoms with Crippen LogP contribution in [0.3, 0.4) is 0 Å². The Bertz CT molecular complexity index is 466. The number of esters is 1. The molecule has 0 radical (unpaired) electrons. The molecule has 2 atom stereocenters. The van der Waals surface area contributed by atoms with Gasteiger partial charge in [-0.2, -0.15) is 0 Å². The Morgan fingerprint density at radius 2 is 1.84 bits per heavy atom. The van der Waals surface area contributed by atoms with Crippen molar-refractivity contribution in [3.63, 3.8) is 0 Å². The molecule has 1 aromatic rings. The van der Waals surface area contributed by atoms with E-state index in [1.54, 1.807) is 67.1 Å². The standard InChI is InChI=1S/C12H17INO4P/c1-9(2)17-12(15)10(3)14-19(13,16)18-11-7-5-4-6-8-11/h4-10H,1-3H3,(H,14,16)/t10-,19+/m0/s1. The first-order chi connectivity index (χ1) is 8.80. The summed E-state index contributed by atoms with van der Waals surface area (Å²) in [5.41, 5.74) is 0. The summed E-state index contributed by atoms with van der Waals surface area (Å²) in [6, 6.07) is 8.09. The van der Waals surface area contributed by atoms with Gasteiger partial charge in [-0.25, -0.2) is 9.65 Å². The van der Waals surface area contributed by atoms with Gasteiger partial charge >= 0.3 is 11.1 Å². The number of halogens is 1. The van der Waals surface area contributed by atoms with E-state index in [-0.39, 0.29) is 6.10 Å². The molecule has 0 bridgehead atoms. The molecule has 0 aliphatic heterocycles. The molecular weight excluding hydrogens is 380 g/mol. The topological polar surface area (TPSA) is 64.6 Å². The van der Waals surface area contributed by atoms with Crippen LogP contribution in [0.15, 0.2) is 30.3 Å². The van der Waals surface area contributed by atoms with Gasteiger partial charge in [-0.15, -0.1) is 0 Å². The van der Waals surface area contributed by atoms with Crippen molar-refractivity contribution < 1.29 is 18.6 Å². The molecule has 0 saturated carbocycles. The number of hydrogen-bond acceptors (Lipinski definition) is 4. The Balaban J connectivity index is 2.59. The van der Waals surface area contributed by atoms with Crippen molar-refractivity contribution in [3.05, 3.63) is 30.3 Å². The van der Waals surface area contributed by atoms with Gasteiger partial charge in [0.2, 0.25) is 0 Å². The Kier molecular flexibility index (Phi) is 6.29. The van der Waals surface area contributed by atoms with E-state index in [4.69, 9.17) is 9.26 Å². The molecule has 0 saturated heterocycles. The van der Waals surface area contributed by atoms with Crippen molar-refractivity contribution >= 4 is 33.2 Å². The van der Waals surface area contributed by atoms with Gasteiger partial charge in [-0.3, -0.25) is 4.79 Å². The predicted octanol–water partition coefficient (Wildman–Crippen LogP) is 3.54. The average molecular weight is 397 g/mol. The molecule has 0 aliphatic rings. The maximum atomic E-state index is 12.2. The Morgan fingerprint density at radius 3 is 2.37 bits per heavy atom. The molecule has 19 heavy (non-hydrogen) atoms. The van der Waals surface area contributed by atoms with Crippen LogP contribution < -0.4 is 9.61 Å². The fraction of sp³-hybridized carbons (Fsp3) is 0.417. The number of nitrogens with one attached hydrogen (secondary N) is 1. The summed E-state index contributed by atoms with van der Waals surface area (Å²) in [4.78, 5) is 11.6. The molecule has 1 aromatic carbocycles. The van der Waals surface area contributed by atoms with Gasteiger partial charge in [-0.1, -0.05) is 18.2 Å². The lowest BCUT2D eigenvalue weighted by atomic mass is 10.3. The van der Waals surface area contributed by atoms with Crippen molar-refractivity contribution in [1.29, 1.82) is 0 Å². The van der Waals surface area contributed by atoms with E-state index in [1.165, 1.54) is 0 Å². The highest BCUT2D eigenvalue weighted by atomic mass is 127.